The van der Waals surface area contributed by atoms with Gasteiger partial charge >= 0.3 is 5.97 Å². The first-order valence-corrected chi connectivity index (χ1v) is 8.22. The third-order valence-corrected chi connectivity index (χ3v) is 4.69. The van der Waals surface area contributed by atoms with E-state index in [1.165, 1.54) is 0 Å². The van der Waals surface area contributed by atoms with E-state index in [-0.39, 0.29) is 6.61 Å². The molecule has 0 heterocycles. The van der Waals surface area contributed by atoms with Gasteiger partial charge in [0, 0.05) is 10.6 Å². The van der Waals surface area contributed by atoms with Gasteiger partial charge in [0.05, 0.1) is 10.0 Å². The van der Waals surface area contributed by atoms with Gasteiger partial charge in [0.1, 0.15) is 5.75 Å². The third kappa shape index (κ3) is 4.83. The normalized spacial score (nSPS) is 10.5. The summed E-state index contributed by atoms with van der Waals surface area (Å²) >= 11 is 13.6. The molecule has 0 bridgehead atoms. The summed E-state index contributed by atoms with van der Waals surface area (Å²) in [6.07, 6.45) is 0. The Hall–Kier alpha value is -1.36. The molecule has 1 N–H and O–H groups in total. The predicted octanol–water partition coefficient (Wildman–Crippen LogP) is 5.06. The Morgan fingerprint density at radius 1 is 1.18 bits per heavy atom. The average Bonchev–Trinajstić information content (AvgIpc) is 2.47. The summed E-state index contributed by atoms with van der Waals surface area (Å²) in [6.45, 7) is 1.55. The Labute approximate surface area is 143 Å². The number of aliphatic carboxylic acids is 1. The molecule has 22 heavy (non-hydrogen) atoms. The smallest absolute Gasteiger partial charge is 0.341 e. The molecule has 0 fully saturated rings. The van der Waals surface area contributed by atoms with Crippen molar-refractivity contribution >= 4 is 40.9 Å². The summed E-state index contributed by atoms with van der Waals surface area (Å²) in [5, 5.41) is 9.72. The van der Waals surface area contributed by atoms with Gasteiger partial charge in [-0.05, 0) is 48.4 Å². The SMILES string of the molecule is Cc1cc(SCc2ccc(Cl)c(Cl)c2)ccc1OCC(=O)O. The zero-order chi connectivity index (χ0) is 16.1. The highest BCUT2D eigenvalue weighted by molar-refractivity contribution is 7.98. The van der Waals surface area contributed by atoms with Crippen molar-refractivity contribution in [2.24, 2.45) is 0 Å². The zero-order valence-corrected chi connectivity index (χ0v) is 14.1. The van der Waals surface area contributed by atoms with E-state index in [9.17, 15) is 4.79 Å². The maximum Gasteiger partial charge on any atom is 0.341 e. The van der Waals surface area contributed by atoms with Crippen LogP contribution < -0.4 is 4.74 Å². The average molecular weight is 357 g/mol. The van der Waals surface area contributed by atoms with Crippen molar-refractivity contribution < 1.29 is 14.6 Å². The second-order valence-electron chi connectivity index (χ2n) is 4.65. The first-order chi connectivity index (χ1) is 10.5. The van der Waals surface area contributed by atoms with E-state index in [2.05, 4.69) is 0 Å². The molecule has 0 unspecified atom stereocenters. The van der Waals surface area contributed by atoms with E-state index in [1.807, 2.05) is 31.2 Å². The van der Waals surface area contributed by atoms with Crippen LogP contribution in [0.3, 0.4) is 0 Å². The number of carbonyl (C=O) groups is 1. The van der Waals surface area contributed by atoms with Crippen LogP contribution in [0.5, 0.6) is 5.75 Å². The van der Waals surface area contributed by atoms with Crippen LogP contribution in [0.15, 0.2) is 41.3 Å². The van der Waals surface area contributed by atoms with Crippen molar-refractivity contribution in [3.63, 3.8) is 0 Å². The number of hydrogen-bond acceptors (Lipinski definition) is 3. The van der Waals surface area contributed by atoms with Crippen molar-refractivity contribution in [3.05, 3.63) is 57.6 Å². The summed E-state index contributed by atoms with van der Waals surface area (Å²) in [6, 6.07) is 11.3. The molecule has 3 nitrogen and oxygen atoms in total. The van der Waals surface area contributed by atoms with Crippen LogP contribution >= 0.6 is 35.0 Å². The third-order valence-electron chi connectivity index (χ3n) is 2.89. The van der Waals surface area contributed by atoms with Gasteiger partial charge in [-0.25, -0.2) is 4.79 Å². The number of aryl methyl sites for hydroxylation is 1. The number of carboxylic acid groups (broad SMARTS) is 1. The minimum atomic E-state index is -0.988. The molecule has 2 aromatic rings. The summed E-state index contributed by atoms with van der Waals surface area (Å²) in [5.41, 5.74) is 1.99. The Bertz CT molecular complexity index is 689. The molecule has 2 rings (SSSR count). The summed E-state index contributed by atoms with van der Waals surface area (Å²) in [4.78, 5) is 11.6. The molecule has 0 saturated heterocycles. The molecule has 0 atom stereocenters. The van der Waals surface area contributed by atoms with E-state index < -0.39 is 5.97 Å². The first kappa shape index (κ1) is 17.0. The van der Waals surface area contributed by atoms with Crippen molar-refractivity contribution in [2.75, 3.05) is 6.61 Å². The predicted molar refractivity (Wildman–Crippen MR) is 90.3 cm³/mol. The number of rotatable bonds is 6. The van der Waals surface area contributed by atoms with Crippen molar-refractivity contribution in [3.8, 4) is 5.75 Å². The second kappa shape index (κ2) is 7.77. The molecule has 0 aliphatic heterocycles. The first-order valence-electron chi connectivity index (χ1n) is 6.47. The van der Waals surface area contributed by atoms with E-state index in [1.54, 1.807) is 23.9 Å². The van der Waals surface area contributed by atoms with E-state index in [0.29, 0.717) is 15.8 Å². The number of ether oxygens (including phenoxy) is 1. The topological polar surface area (TPSA) is 46.5 Å². The molecule has 0 saturated carbocycles. The van der Waals surface area contributed by atoms with Crippen LogP contribution in [0, 0.1) is 6.92 Å². The maximum absolute atomic E-state index is 10.5. The van der Waals surface area contributed by atoms with Crippen LogP contribution in [-0.2, 0) is 10.5 Å². The van der Waals surface area contributed by atoms with E-state index in [0.717, 1.165) is 21.8 Å². The standard InChI is InChI=1S/C16H14Cl2O3S/c1-10-6-12(3-5-15(10)21-8-16(19)20)22-9-11-2-4-13(17)14(18)7-11/h2-7H,8-9H2,1H3,(H,19,20). The lowest BCUT2D eigenvalue weighted by atomic mass is 10.2. The Balaban J connectivity index is 1.99. The highest BCUT2D eigenvalue weighted by Gasteiger charge is 2.05. The zero-order valence-electron chi connectivity index (χ0n) is 11.8. The number of benzene rings is 2. The van der Waals surface area contributed by atoms with Crippen LogP contribution in [-0.4, -0.2) is 17.7 Å². The molecule has 0 spiro atoms. The lowest BCUT2D eigenvalue weighted by molar-refractivity contribution is -0.139. The monoisotopic (exact) mass is 356 g/mol. The number of thioether (sulfide) groups is 1. The van der Waals surface area contributed by atoms with Crippen LogP contribution in [0.1, 0.15) is 11.1 Å². The molecule has 0 aromatic heterocycles. The molecular formula is C16H14Cl2O3S. The van der Waals surface area contributed by atoms with Crippen LogP contribution in [0.4, 0.5) is 0 Å². The van der Waals surface area contributed by atoms with Gasteiger partial charge in [0.25, 0.3) is 0 Å². The van der Waals surface area contributed by atoms with Gasteiger partial charge in [-0.15, -0.1) is 11.8 Å². The molecule has 0 amide bonds. The second-order valence-corrected chi connectivity index (χ2v) is 6.51. The fraction of sp³-hybridized carbons (Fsp3) is 0.188. The molecule has 0 aliphatic carbocycles. The van der Waals surface area contributed by atoms with Gasteiger partial charge in [0.15, 0.2) is 6.61 Å². The lowest BCUT2D eigenvalue weighted by Crippen LogP contribution is -2.09. The van der Waals surface area contributed by atoms with Gasteiger partial charge < -0.3 is 9.84 Å². The Morgan fingerprint density at radius 3 is 2.59 bits per heavy atom. The van der Waals surface area contributed by atoms with Gasteiger partial charge in [0.2, 0.25) is 0 Å². The lowest BCUT2D eigenvalue weighted by Gasteiger charge is -2.09. The van der Waals surface area contributed by atoms with E-state index >= 15 is 0 Å². The molecule has 116 valence electrons. The van der Waals surface area contributed by atoms with Crippen molar-refractivity contribution in [1.29, 1.82) is 0 Å². The Kier molecular flexibility index (Phi) is 6.00. The summed E-state index contributed by atoms with van der Waals surface area (Å²) < 4.78 is 5.20. The molecule has 0 aliphatic rings. The highest BCUT2D eigenvalue weighted by Crippen LogP contribution is 2.30. The number of halogens is 2. The van der Waals surface area contributed by atoms with Crippen LogP contribution in [0.2, 0.25) is 10.0 Å². The molecule has 0 radical (unpaired) electrons. The molecular weight excluding hydrogens is 343 g/mol. The molecule has 6 heteroatoms. The summed E-state index contributed by atoms with van der Waals surface area (Å²) in [5.74, 6) is 0.366. The van der Waals surface area contributed by atoms with Gasteiger partial charge in [-0.2, -0.15) is 0 Å². The fourth-order valence-corrected chi connectivity index (χ4v) is 3.07. The van der Waals surface area contributed by atoms with Crippen molar-refractivity contribution in [2.45, 2.75) is 17.6 Å². The van der Waals surface area contributed by atoms with Crippen LogP contribution in [0.25, 0.3) is 0 Å². The largest absolute Gasteiger partial charge is 0.482 e. The van der Waals surface area contributed by atoms with Crippen molar-refractivity contribution in [1.82, 2.24) is 0 Å². The van der Waals surface area contributed by atoms with E-state index in [4.69, 9.17) is 33.0 Å². The quantitative estimate of drug-likeness (QED) is 0.735. The minimum absolute atomic E-state index is 0.337. The Morgan fingerprint density at radius 2 is 1.95 bits per heavy atom. The number of hydrogen-bond donors (Lipinski definition) is 1. The number of carboxylic acids is 1. The van der Waals surface area contributed by atoms with Gasteiger partial charge in [-0.3, -0.25) is 0 Å². The highest BCUT2D eigenvalue weighted by atomic mass is 35.5. The van der Waals surface area contributed by atoms with Gasteiger partial charge in [-0.1, -0.05) is 29.3 Å². The minimum Gasteiger partial charge on any atom is -0.482 e. The maximum atomic E-state index is 10.5. The fourth-order valence-electron chi connectivity index (χ4n) is 1.81. The molecule has 2 aromatic carbocycles. The summed E-state index contributed by atoms with van der Waals surface area (Å²) in [7, 11) is 0.